The number of hydrogen-bond acceptors (Lipinski definition) is 2. The van der Waals surface area contributed by atoms with Crippen LogP contribution in [0.4, 0.5) is 5.69 Å². The topological polar surface area (TPSA) is 70.9 Å². The van der Waals surface area contributed by atoms with E-state index in [1.807, 2.05) is 45.0 Å². The van der Waals surface area contributed by atoms with Crippen molar-refractivity contribution in [1.82, 2.24) is 4.98 Å². The smallest absolute Gasteiger partial charge is 0.241 e. The molecule has 96 valence electrons. The number of benzene rings is 1. The highest BCUT2D eigenvalue weighted by Crippen LogP contribution is 2.20. The van der Waals surface area contributed by atoms with Gasteiger partial charge in [-0.25, -0.2) is 0 Å². The maximum Gasteiger partial charge on any atom is 0.241 e. The monoisotopic (exact) mass is 245 g/mol. The summed E-state index contributed by atoms with van der Waals surface area (Å²) in [7, 11) is 0. The van der Waals surface area contributed by atoms with Crippen molar-refractivity contribution in [2.45, 2.75) is 26.8 Å². The Kier molecular flexibility index (Phi) is 3.39. The van der Waals surface area contributed by atoms with Gasteiger partial charge in [0.25, 0.3) is 0 Å². The highest BCUT2D eigenvalue weighted by molar-refractivity contribution is 5.97. The van der Waals surface area contributed by atoms with Gasteiger partial charge in [-0.3, -0.25) is 4.79 Å². The summed E-state index contributed by atoms with van der Waals surface area (Å²) in [6, 6.07) is 7.35. The van der Waals surface area contributed by atoms with E-state index in [-0.39, 0.29) is 11.8 Å². The summed E-state index contributed by atoms with van der Waals surface area (Å²) in [6.45, 7) is 5.87. The zero-order chi connectivity index (χ0) is 13.3. The molecule has 0 aliphatic heterocycles. The number of aromatic nitrogens is 1. The Morgan fingerprint density at radius 2 is 2.06 bits per heavy atom. The van der Waals surface area contributed by atoms with E-state index >= 15 is 0 Å². The van der Waals surface area contributed by atoms with Crippen molar-refractivity contribution in [3.63, 3.8) is 0 Å². The Balaban J connectivity index is 2.19. The normalized spacial score (nSPS) is 12.9. The van der Waals surface area contributed by atoms with Crippen LogP contribution in [0.2, 0.25) is 0 Å². The molecule has 18 heavy (non-hydrogen) atoms. The highest BCUT2D eigenvalue weighted by atomic mass is 16.2. The van der Waals surface area contributed by atoms with Gasteiger partial charge in [0.15, 0.2) is 0 Å². The Morgan fingerprint density at radius 1 is 1.33 bits per heavy atom. The van der Waals surface area contributed by atoms with Crippen LogP contribution in [0.1, 0.15) is 19.5 Å². The van der Waals surface area contributed by atoms with Crippen molar-refractivity contribution in [2.75, 3.05) is 5.32 Å². The number of aryl methyl sites for hydroxylation is 1. The summed E-state index contributed by atoms with van der Waals surface area (Å²) in [5.74, 6) is -0.0140. The van der Waals surface area contributed by atoms with Crippen molar-refractivity contribution in [3.8, 4) is 0 Å². The molecule has 0 fully saturated rings. The molecule has 4 N–H and O–H groups in total. The minimum Gasteiger partial charge on any atom is -0.359 e. The van der Waals surface area contributed by atoms with Gasteiger partial charge in [-0.1, -0.05) is 13.8 Å². The lowest BCUT2D eigenvalue weighted by Gasteiger charge is -2.15. The molecule has 4 nitrogen and oxygen atoms in total. The van der Waals surface area contributed by atoms with E-state index in [4.69, 9.17) is 5.73 Å². The molecule has 4 heteroatoms. The molecule has 1 amide bonds. The summed E-state index contributed by atoms with van der Waals surface area (Å²) < 4.78 is 0. The zero-order valence-corrected chi connectivity index (χ0v) is 10.9. The second kappa shape index (κ2) is 4.82. The molecule has 1 heterocycles. The van der Waals surface area contributed by atoms with Crippen LogP contribution in [0, 0.1) is 12.8 Å². The van der Waals surface area contributed by atoms with Gasteiger partial charge in [0.2, 0.25) is 5.91 Å². The molecular weight excluding hydrogens is 226 g/mol. The number of hydrogen-bond donors (Lipinski definition) is 3. The van der Waals surface area contributed by atoms with Crippen LogP contribution in [0.3, 0.4) is 0 Å². The van der Waals surface area contributed by atoms with Gasteiger partial charge >= 0.3 is 0 Å². The van der Waals surface area contributed by atoms with Gasteiger partial charge in [-0.05, 0) is 37.1 Å². The summed E-state index contributed by atoms with van der Waals surface area (Å²) in [4.78, 5) is 15.1. The molecule has 0 unspecified atom stereocenters. The molecule has 0 aliphatic carbocycles. The number of nitrogens with one attached hydrogen (secondary N) is 2. The molecule has 1 aromatic carbocycles. The van der Waals surface area contributed by atoms with E-state index in [1.54, 1.807) is 0 Å². The quantitative estimate of drug-likeness (QED) is 0.777. The second-order valence-electron chi connectivity index (χ2n) is 5.01. The molecule has 0 bridgehead atoms. The fourth-order valence-corrected chi connectivity index (χ4v) is 1.88. The molecule has 0 radical (unpaired) electrons. The zero-order valence-electron chi connectivity index (χ0n) is 10.9. The average Bonchev–Trinajstić information content (AvgIpc) is 2.67. The van der Waals surface area contributed by atoms with Crippen molar-refractivity contribution < 1.29 is 4.79 Å². The third-order valence-corrected chi connectivity index (χ3v) is 3.04. The van der Waals surface area contributed by atoms with Gasteiger partial charge in [-0.2, -0.15) is 0 Å². The number of nitrogens with two attached hydrogens (primary N) is 1. The molecule has 2 aromatic rings. The van der Waals surface area contributed by atoms with Gasteiger partial charge in [0.05, 0.1) is 6.04 Å². The SMILES string of the molecule is Cc1cc2cc(NC(=O)[C@@H](N)C(C)C)ccc2[nH]1. The first-order valence-corrected chi connectivity index (χ1v) is 6.13. The molecule has 2 rings (SSSR count). The van der Waals surface area contributed by atoms with Crippen LogP contribution in [-0.4, -0.2) is 16.9 Å². The summed E-state index contributed by atoms with van der Waals surface area (Å²) in [5, 5.41) is 3.93. The Hall–Kier alpha value is -1.81. The van der Waals surface area contributed by atoms with Crippen molar-refractivity contribution >= 4 is 22.5 Å². The second-order valence-corrected chi connectivity index (χ2v) is 5.01. The third-order valence-electron chi connectivity index (χ3n) is 3.04. The number of rotatable bonds is 3. The highest BCUT2D eigenvalue weighted by Gasteiger charge is 2.17. The predicted octanol–water partition coefficient (Wildman–Crippen LogP) is 2.40. The predicted molar refractivity (Wildman–Crippen MR) is 74.5 cm³/mol. The maximum absolute atomic E-state index is 11.9. The molecule has 0 aliphatic rings. The van der Waals surface area contributed by atoms with Crippen LogP contribution in [0.15, 0.2) is 24.3 Å². The fraction of sp³-hybridized carbons (Fsp3) is 0.357. The maximum atomic E-state index is 11.9. The Labute approximate surface area is 107 Å². The average molecular weight is 245 g/mol. The molecular formula is C14H19N3O. The van der Waals surface area contributed by atoms with Crippen LogP contribution >= 0.6 is 0 Å². The van der Waals surface area contributed by atoms with Crippen LogP contribution in [0.25, 0.3) is 10.9 Å². The first-order valence-electron chi connectivity index (χ1n) is 6.13. The lowest BCUT2D eigenvalue weighted by Crippen LogP contribution is -2.39. The van der Waals surface area contributed by atoms with E-state index in [0.29, 0.717) is 0 Å². The van der Waals surface area contributed by atoms with Crippen molar-refractivity contribution in [2.24, 2.45) is 11.7 Å². The number of anilines is 1. The van der Waals surface area contributed by atoms with E-state index in [0.717, 1.165) is 22.3 Å². The number of carbonyl (C=O) groups excluding carboxylic acids is 1. The minimum atomic E-state index is -0.478. The number of H-pyrrole nitrogens is 1. The molecule has 0 spiro atoms. The number of carbonyl (C=O) groups is 1. The first kappa shape index (κ1) is 12.6. The van der Waals surface area contributed by atoms with E-state index in [1.165, 1.54) is 0 Å². The van der Waals surface area contributed by atoms with Gasteiger partial charge in [0.1, 0.15) is 0 Å². The van der Waals surface area contributed by atoms with Crippen molar-refractivity contribution in [1.29, 1.82) is 0 Å². The molecule has 1 atom stereocenters. The minimum absolute atomic E-state index is 0.128. The van der Waals surface area contributed by atoms with Crippen LogP contribution < -0.4 is 11.1 Å². The third kappa shape index (κ3) is 2.54. The van der Waals surface area contributed by atoms with E-state index in [2.05, 4.69) is 10.3 Å². The van der Waals surface area contributed by atoms with Gasteiger partial charge < -0.3 is 16.0 Å². The first-order chi connectivity index (χ1) is 8.47. The fourth-order valence-electron chi connectivity index (χ4n) is 1.88. The summed E-state index contributed by atoms with van der Waals surface area (Å²) >= 11 is 0. The van der Waals surface area contributed by atoms with Crippen molar-refractivity contribution in [3.05, 3.63) is 30.0 Å². The lowest BCUT2D eigenvalue weighted by atomic mass is 10.0. The number of fused-ring (bicyclic) bond motifs is 1. The Bertz CT molecular complexity index is 571. The van der Waals surface area contributed by atoms with Crippen LogP contribution in [-0.2, 0) is 4.79 Å². The van der Waals surface area contributed by atoms with E-state index in [9.17, 15) is 4.79 Å². The summed E-state index contributed by atoms with van der Waals surface area (Å²) in [5.41, 5.74) is 8.76. The molecule has 0 saturated carbocycles. The molecule has 1 aromatic heterocycles. The lowest BCUT2D eigenvalue weighted by molar-refractivity contribution is -0.118. The molecule has 0 saturated heterocycles. The van der Waals surface area contributed by atoms with Crippen LogP contribution in [0.5, 0.6) is 0 Å². The van der Waals surface area contributed by atoms with Gasteiger partial charge in [-0.15, -0.1) is 0 Å². The number of aromatic amines is 1. The Morgan fingerprint density at radius 3 is 2.72 bits per heavy atom. The largest absolute Gasteiger partial charge is 0.359 e. The van der Waals surface area contributed by atoms with E-state index < -0.39 is 6.04 Å². The van der Waals surface area contributed by atoms with Gasteiger partial charge in [0, 0.05) is 22.3 Å². The summed E-state index contributed by atoms with van der Waals surface area (Å²) in [6.07, 6.45) is 0. The standard InChI is InChI=1S/C14H19N3O/c1-8(2)13(15)14(18)17-11-4-5-12-10(7-11)6-9(3)16-12/h4-8,13,16H,15H2,1-3H3,(H,17,18)/t13-/m0/s1. The number of amides is 1.